The summed E-state index contributed by atoms with van der Waals surface area (Å²) < 4.78 is 10.8. The Hall–Kier alpha value is -2.28. The maximum atomic E-state index is 5.60. The van der Waals surface area contributed by atoms with Gasteiger partial charge >= 0.3 is 0 Å². The van der Waals surface area contributed by atoms with E-state index >= 15 is 0 Å². The van der Waals surface area contributed by atoms with Crippen LogP contribution >= 0.6 is 11.8 Å². The van der Waals surface area contributed by atoms with Gasteiger partial charge in [0.05, 0.1) is 12.8 Å². The van der Waals surface area contributed by atoms with Crippen molar-refractivity contribution in [3.05, 3.63) is 42.0 Å². The predicted molar refractivity (Wildman–Crippen MR) is 105 cm³/mol. The molecule has 1 N–H and O–H groups in total. The number of nitrogens with one attached hydrogen (secondary N) is 1. The minimum Gasteiger partial charge on any atom is -0.497 e. The third-order valence-electron chi connectivity index (χ3n) is 5.01. The lowest BCUT2D eigenvalue weighted by Gasteiger charge is -2.05. The molecule has 1 aromatic carbocycles. The van der Waals surface area contributed by atoms with E-state index in [0.717, 1.165) is 40.3 Å². The second kappa shape index (κ2) is 8.61. The number of benzene rings is 1. The number of oxazole rings is 1. The van der Waals surface area contributed by atoms with Crippen molar-refractivity contribution < 1.29 is 9.15 Å². The first-order valence-electron chi connectivity index (χ1n) is 9.43. The first-order valence-corrected chi connectivity index (χ1v) is 10.4. The number of rotatable bonds is 8. The van der Waals surface area contributed by atoms with E-state index in [4.69, 9.17) is 9.15 Å². The van der Waals surface area contributed by atoms with Crippen molar-refractivity contribution in [2.24, 2.45) is 5.92 Å². The number of nitrogens with zero attached hydrogens (tertiary/aromatic N) is 3. The van der Waals surface area contributed by atoms with Crippen LogP contribution in [0.2, 0.25) is 0 Å². The predicted octanol–water partition coefficient (Wildman–Crippen LogP) is 4.88. The molecule has 0 amide bonds. The molecule has 1 aliphatic carbocycles. The smallest absolute Gasteiger partial charge is 0.226 e. The fourth-order valence-corrected chi connectivity index (χ4v) is 4.17. The van der Waals surface area contributed by atoms with Gasteiger partial charge < -0.3 is 9.15 Å². The molecule has 7 heteroatoms. The minimum absolute atomic E-state index is 0.612. The highest BCUT2D eigenvalue weighted by atomic mass is 32.2. The SMILES string of the molecule is COc1ccc(-c2nc(CSc3n[nH]c(CCC4CCCC4)n3)co2)cc1. The van der Waals surface area contributed by atoms with Crippen molar-refractivity contribution in [2.75, 3.05) is 7.11 Å². The van der Waals surface area contributed by atoms with Gasteiger partial charge in [-0.1, -0.05) is 37.4 Å². The molecule has 1 aliphatic rings. The van der Waals surface area contributed by atoms with Crippen molar-refractivity contribution in [2.45, 2.75) is 49.4 Å². The number of H-pyrrole nitrogens is 1. The highest BCUT2D eigenvalue weighted by molar-refractivity contribution is 7.98. The van der Waals surface area contributed by atoms with E-state index in [9.17, 15) is 0 Å². The molecule has 0 spiro atoms. The highest BCUT2D eigenvalue weighted by Crippen LogP contribution is 2.29. The zero-order valence-electron chi connectivity index (χ0n) is 15.5. The second-order valence-corrected chi connectivity index (χ2v) is 7.86. The second-order valence-electron chi connectivity index (χ2n) is 6.92. The molecule has 142 valence electrons. The minimum atomic E-state index is 0.612. The van der Waals surface area contributed by atoms with Gasteiger partial charge in [0.2, 0.25) is 11.0 Å². The third-order valence-corrected chi connectivity index (χ3v) is 5.89. The normalized spacial score (nSPS) is 14.7. The molecule has 0 radical (unpaired) electrons. The van der Waals surface area contributed by atoms with Gasteiger partial charge in [-0.15, -0.1) is 5.10 Å². The van der Waals surface area contributed by atoms with Gasteiger partial charge in [-0.2, -0.15) is 0 Å². The first kappa shape index (κ1) is 18.1. The Morgan fingerprint density at radius 1 is 1.19 bits per heavy atom. The van der Waals surface area contributed by atoms with Crippen LogP contribution in [0.25, 0.3) is 11.5 Å². The summed E-state index contributed by atoms with van der Waals surface area (Å²) in [5.41, 5.74) is 1.81. The summed E-state index contributed by atoms with van der Waals surface area (Å²) in [4.78, 5) is 9.15. The van der Waals surface area contributed by atoms with E-state index in [2.05, 4.69) is 20.2 Å². The number of ether oxygens (including phenoxy) is 1. The summed E-state index contributed by atoms with van der Waals surface area (Å²) in [6.07, 6.45) is 9.42. The summed E-state index contributed by atoms with van der Waals surface area (Å²) in [6.45, 7) is 0. The van der Waals surface area contributed by atoms with Crippen molar-refractivity contribution >= 4 is 11.8 Å². The molecular weight excluding hydrogens is 360 g/mol. The molecule has 3 aromatic rings. The lowest BCUT2D eigenvalue weighted by atomic mass is 10.0. The van der Waals surface area contributed by atoms with Gasteiger partial charge in [0.25, 0.3) is 0 Å². The topological polar surface area (TPSA) is 76.8 Å². The Balaban J connectivity index is 1.29. The molecule has 0 saturated heterocycles. The number of methoxy groups -OCH3 is 1. The van der Waals surface area contributed by atoms with Crippen LogP contribution in [0.5, 0.6) is 5.75 Å². The largest absolute Gasteiger partial charge is 0.497 e. The van der Waals surface area contributed by atoms with E-state index in [1.54, 1.807) is 25.1 Å². The Labute approximate surface area is 163 Å². The van der Waals surface area contributed by atoms with Crippen LogP contribution in [0, 0.1) is 5.92 Å². The van der Waals surface area contributed by atoms with Crippen LogP contribution in [0.15, 0.2) is 40.1 Å². The zero-order valence-corrected chi connectivity index (χ0v) is 16.3. The van der Waals surface area contributed by atoms with Crippen LogP contribution in [0.4, 0.5) is 0 Å². The molecule has 4 rings (SSSR count). The van der Waals surface area contributed by atoms with Crippen LogP contribution in [0.3, 0.4) is 0 Å². The van der Waals surface area contributed by atoms with E-state index in [0.29, 0.717) is 11.6 Å². The summed E-state index contributed by atoms with van der Waals surface area (Å²) in [6, 6.07) is 7.67. The average Bonchev–Trinajstić information content (AvgIpc) is 3.47. The molecule has 2 aromatic heterocycles. The first-order chi connectivity index (χ1) is 13.3. The number of thioether (sulfide) groups is 1. The number of aromatic nitrogens is 4. The maximum Gasteiger partial charge on any atom is 0.226 e. The Morgan fingerprint density at radius 2 is 2.00 bits per heavy atom. The summed E-state index contributed by atoms with van der Waals surface area (Å²) in [5.74, 6) is 3.97. The van der Waals surface area contributed by atoms with Crippen LogP contribution in [-0.2, 0) is 12.2 Å². The molecule has 1 fully saturated rings. The van der Waals surface area contributed by atoms with Gasteiger partial charge in [0, 0.05) is 17.7 Å². The molecule has 0 bridgehead atoms. The zero-order chi connectivity index (χ0) is 18.5. The molecule has 1 saturated carbocycles. The Morgan fingerprint density at radius 3 is 2.78 bits per heavy atom. The van der Waals surface area contributed by atoms with Gasteiger partial charge in [-0.3, -0.25) is 5.10 Å². The van der Waals surface area contributed by atoms with Crippen molar-refractivity contribution in [1.29, 1.82) is 0 Å². The quantitative estimate of drug-likeness (QED) is 0.558. The summed E-state index contributed by atoms with van der Waals surface area (Å²) in [7, 11) is 1.65. The molecule has 0 aliphatic heterocycles. The summed E-state index contributed by atoms with van der Waals surface area (Å²) in [5, 5.41) is 8.15. The van der Waals surface area contributed by atoms with E-state index in [1.807, 2.05) is 24.3 Å². The molecule has 0 atom stereocenters. The van der Waals surface area contributed by atoms with E-state index in [1.165, 1.54) is 32.1 Å². The molecule has 6 nitrogen and oxygen atoms in total. The molecule has 0 unspecified atom stereocenters. The number of hydrogen-bond acceptors (Lipinski definition) is 6. The van der Waals surface area contributed by atoms with E-state index < -0.39 is 0 Å². The third kappa shape index (κ3) is 4.71. The van der Waals surface area contributed by atoms with Crippen LogP contribution in [0.1, 0.15) is 43.6 Å². The van der Waals surface area contributed by atoms with Gasteiger partial charge in [-0.05, 0) is 36.6 Å². The Kier molecular flexibility index (Phi) is 5.77. The van der Waals surface area contributed by atoms with E-state index in [-0.39, 0.29) is 0 Å². The van der Waals surface area contributed by atoms with Gasteiger partial charge in [0.1, 0.15) is 17.8 Å². The summed E-state index contributed by atoms with van der Waals surface area (Å²) >= 11 is 1.57. The lowest BCUT2D eigenvalue weighted by molar-refractivity contribution is 0.415. The molecule has 2 heterocycles. The van der Waals surface area contributed by atoms with Gasteiger partial charge in [-0.25, -0.2) is 9.97 Å². The monoisotopic (exact) mass is 384 g/mol. The fourth-order valence-electron chi connectivity index (χ4n) is 3.47. The number of aromatic amines is 1. The van der Waals surface area contributed by atoms with Crippen molar-refractivity contribution in [1.82, 2.24) is 20.2 Å². The van der Waals surface area contributed by atoms with Crippen LogP contribution < -0.4 is 4.74 Å². The highest BCUT2D eigenvalue weighted by Gasteiger charge is 2.16. The number of hydrogen-bond donors (Lipinski definition) is 1. The maximum absolute atomic E-state index is 5.60. The Bertz CT molecular complexity index is 853. The van der Waals surface area contributed by atoms with Gasteiger partial charge in [0.15, 0.2) is 0 Å². The van der Waals surface area contributed by atoms with Crippen molar-refractivity contribution in [3.8, 4) is 17.2 Å². The lowest BCUT2D eigenvalue weighted by Crippen LogP contribution is -1.97. The van der Waals surface area contributed by atoms with Crippen molar-refractivity contribution in [3.63, 3.8) is 0 Å². The molecule has 27 heavy (non-hydrogen) atoms. The standard InChI is InChI=1S/C20H24N4O2S/c1-25-17-9-7-15(8-10-17)19-21-16(12-26-19)13-27-20-22-18(23-24-20)11-6-14-4-2-3-5-14/h7-10,12,14H,2-6,11,13H2,1H3,(H,22,23,24). The average molecular weight is 385 g/mol. The molecular formula is C20H24N4O2S. The number of aryl methyl sites for hydroxylation is 1. The van der Waals surface area contributed by atoms with Crippen LogP contribution in [-0.4, -0.2) is 27.3 Å². The fraction of sp³-hybridized carbons (Fsp3) is 0.450.